The molecule has 0 fully saturated rings. The van der Waals surface area contributed by atoms with E-state index in [1.165, 1.54) is 6.07 Å². The molecule has 2 aromatic carbocycles. The molecule has 1 N–H and O–H groups in total. The topological polar surface area (TPSA) is 30.5 Å². The van der Waals surface area contributed by atoms with Gasteiger partial charge in [-0.2, -0.15) is 0 Å². The molecule has 0 spiro atoms. The Balaban J connectivity index is 2.08. The molecule has 0 bridgehead atoms. The number of nitrogens with one attached hydrogen (secondary N) is 1. The monoisotopic (exact) mass is 275 g/mol. The lowest BCUT2D eigenvalue weighted by atomic mass is 10.2. The van der Waals surface area contributed by atoms with Crippen LogP contribution in [0, 0.1) is 12.7 Å². The van der Waals surface area contributed by atoms with Crippen molar-refractivity contribution >= 4 is 5.69 Å². The molecule has 0 aliphatic rings. The number of rotatable bonds is 5. The van der Waals surface area contributed by atoms with Crippen LogP contribution in [0.15, 0.2) is 36.4 Å². The van der Waals surface area contributed by atoms with Gasteiger partial charge >= 0.3 is 0 Å². The summed E-state index contributed by atoms with van der Waals surface area (Å²) in [5, 5.41) is 3.18. The van der Waals surface area contributed by atoms with Gasteiger partial charge in [0.2, 0.25) is 0 Å². The second kappa shape index (κ2) is 6.28. The molecule has 106 valence electrons. The smallest absolute Gasteiger partial charge is 0.161 e. The number of methoxy groups -OCH3 is 2. The van der Waals surface area contributed by atoms with E-state index in [1.807, 2.05) is 24.3 Å². The predicted octanol–water partition coefficient (Wildman–Crippen LogP) is 3.76. The number of hydrogen-bond donors (Lipinski definition) is 1. The Morgan fingerprint density at radius 3 is 2.40 bits per heavy atom. The highest BCUT2D eigenvalue weighted by Crippen LogP contribution is 2.27. The first-order valence-electron chi connectivity index (χ1n) is 6.35. The van der Waals surface area contributed by atoms with Crippen molar-refractivity contribution in [2.45, 2.75) is 13.5 Å². The Kier molecular flexibility index (Phi) is 4.45. The van der Waals surface area contributed by atoms with Crippen LogP contribution >= 0.6 is 0 Å². The maximum Gasteiger partial charge on any atom is 0.161 e. The first-order chi connectivity index (χ1) is 9.63. The Morgan fingerprint density at radius 1 is 1.00 bits per heavy atom. The molecular formula is C16H18FNO2. The molecule has 4 heteroatoms. The minimum absolute atomic E-state index is 0.206. The normalized spacial score (nSPS) is 10.2. The van der Waals surface area contributed by atoms with E-state index in [-0.39, 0.29) is 5.82 Å². The maximum absolute atomic E-state index is 13.4. The zero-order chi connectivity index (χ0) is 14.5. The van der Waals surface area contributed by atoms with Crippen LogP contribution in [0.5, 0.6) is 11.5 Å². The predicted molar refractivity (Wildman–Crippen MR) is 78.0 cm³/mol. The summed E-state index contributed by atoms with van der Waals surface area (Å²) in [5.41, 5.74) is 2.42. The molecular weight excluding hydrogens is 257 g/mol. The van der Waals surface area contributed by atoms with Gasteiger partial charge in [0, 0.05) is 12.2 Å². The second-order valence-electron chi connectivity index (χ2n) is 4.51. The van der Waals surface area contributed by atoms with Crippen LogP contribution in [-0.2, 0) is 6.54 Å². The van der Waals surface area contributed by atoms with Gasteiger partial charge in [0.1, 0.15) is 5.82 Å². The lowest BCUT2D eigenvalue weighted by molar-refractivity contribution is 0.354. The van der Waals surface area contributed by atoms with Gasteiger partial charge in [-0.1, -0.05) is 12.1 Å². The largest absolute Gasteiger partial charge is 0.493 e. The Labute approximate surface area is 118 Å². The van der Waals surface area contributed by atoms with Crippen LogP contribution < -0.4 is 14.8 Å². The average molecular weight is 275 g/mol. The Hall–Kier alpha value is -2.23. The van der Waals surface area contributed by atoms with Gasteiger partial charge in [-0.25, -0.2) is 4.39 Å². The van der Waals surface area contributed by atoms with Crippen LogP contribution in [0.25, 0.3) is 0 Å². The van der Waals surface area contributed by atoms with Crippen LogP contribution in [0.3, 0.4) is 0 Å². The molecule has 3 nitrogen and oxygen atoms in total. The summed E-state index contributed by atoms with van der Waals surface area (Å²) in [7, 11) is 3.20. The molecule has 2 aromatic rings. The molecule has 0 radical (unpaired) electrons. The minimum Gasteiger partial charge on any atom is -0.493 e. The quantitative estimate of drug-likeness (QED) is 0.901. The third-order valence-corrected chi connectivity index (χ3v) is 3.12. The van der Waals surface area contributed by atoms with Crippen molar-refractivity contribution in [3.63, 3.8) is 0 Å². The lowest BCUT2D eigenvalue weighted by Gasteiger charge is -2.11. The van der Waals surface area contributed by atoms with E-state index in [0.29, 0.717) is 23.6 Å². The highest BCUT2D eigenvalue weighted by molar-refractivity contribution is 5.47. The molecule has 0 aliphatic carbocycles. The number of aryl methyl sites for hydroxylation is 1. The highest BCUT2D eigenvalue weighted by Gasteiger charge is 2.05. The van der Waals surface area contributed by atoms with E-state index in [0.717, 1.165) is 11.3 Å². The van der Waals surface area contributed by atoms with E-state index in [9.17, 15) is 4.39 Å². The molecule has 0 atom stereocenters. The maximum atomic E-state index is 13.4. The molecule has 20 heavy (non-hydrogen) atoms. The number of hydrogen-bond acceptors (Lipinski definition) is 3. The molecule has 0 heterocycles. The Bertz CT molecular complexity index is 599. The summed E-state index contributed by atoms with van der Waals surface area (Å²) in [6, 6.07) is 10.8. The molecule has 2 rings (SSSR count). The van der Waals surface area contributed by atoms with Gasteiger partial charge < -0.3 is 14.8 Å². The van der Waals surface area contributed by atoms with Crippen molar-refractivity contribution in [3.8, 4) is 11.5 Å². The minimum atomic E-state index is -0.206. The van der Waals surface area contributed by atoms with Crippen LogP contribution in [0.4, 0.5) is 10.1 Å². The van der Waals surface area contributed by atoms with E-state index >= 15 is 0 Å². The third-order valence-electron chi connectivity index (χ3n) is 3.12. The van der Waals surface area contributed by atoms with Crippen molar-refractivity contribution in [1.29, 1.82) is 0 Å². The summed E-state index contributed by atoms with van der Waals surface area (Å²) in [5.74, 6) is 1.17. The van der Waals surface area contributed by atoms with Crippen LogP contribution in [-0.4, -0.2) is 14.2 Å². The number of anilines is 1. The first-order valence-corrected chi connectivity index (χ1v) is 6.35. The summed E-state index contributed by atoms with van der Waals surface area (Å²) >= 11 is 0. The number of halogens is 1. The summed E-state index contributed by atoms with van der Waals surface area (Å²) in [6.45, 7) is 2.33. The van der Waals surface area contributed by atoms with Gasteiger partial charge in [0.15, 0.2) is 11.5 Å². The van der Waals surface area contributed by atoms with E-state index in [2.05, 4.69) is 5.32 Å². The molecule has 0 saturated heterocycles. The van der Waals surface area contributed by atoms with Gasteiger partial charge in [-0.15, -0.1) is 0 Å². The van der Waals surface area contributed by atoms with E-state index < -0.39 is 0 Å². The summed E-state index contributed by atoms with van der Waals surface area (Å²) in [6.07, 6.45) is 0. The zero-order valence-corrected chi connectivity index (χ0v) is 11.9. The summed E-state index contributed by atoms with van der Waals surface area (Å²) in [4.78, 5) is 0. The third kappa shape index (κ3) is 3.20. The molecule has 0 aromatic heterocycles. The van der Waals surface area contributed by atoms with Gasteiger partial charge in [-0.05, 0) is 42.3 Å². The van der Waals surface area contributed by atoms with Gasteiger partial charge in [0.25, 0.3) is 0 Å². The zero-order valence-electron chi connectivity index (χ0n) is 11.9. The van der Waals surface area contributed by atoms with Crippen molar-refractivity contribution < 1.29 is 13.9 Å². The Morgan fingerprint density at radius 2 is 1.75 bits per heavy atom. The molecule has 0 unspecified atom stereocenters. The lowest BCUT2D eigenvalue weighted by Crippen LogP contribution is -2.01. The van der Waals surface area contributed by atoms with Gasteiger partial charge in [0.05, 0.1) is 14.2 Å². The molecule has 0 saturated carbocycles. The molecule has 0 aliphatic heterocycles. The standard InChI is InChI=1S/C16H18FNO2/c1-11-4-6-13(9-14(11)17)18-10-12-5-7-15(19-2)16(8-12)20-3/h4-9,18H,10H2,1-3H3. The number of ether oxygens (including phenoxy) is 2. The average Bonchev–Trinajstić information content (AvgIpc) is 2.48. The van der Waals surface area contributed by atoms with Crippen molar-refractivity contribution in [3.05, 3.63) is 53.3 Å². The second-order valence-corrected chi connectivity index (χ2v) is 4.51. The molecule has 0 amide bonds. The fraction of sp³-hybridized carbons (Fsp3) is 0.250. The van der Waals surface area contributed by atoms with Crippen molar-refractivity contribution in [2.24, 2.45) is 0 Å². The van der Waals surface area contributed by atoms with E-state index in [4.69, 9.17) is 9.47 Å². The summed E-state index contributed by atoms with van der Waals surface area (Å²) < 4.78 is 23.9. The van der Waals surface area contributed by atoms with Gasteiger partial charge in [-0.3, -0.25) is 0 Å². The van der Waals surface area contributed by atoms with Crippen LogP contribution in [0.1, 0.15) is 11.1 Å². The highest BCUT2D eigenvalue weighted by atomic mass is 19.1. The van der Waals surface area contributed by atoms with Crippen molar-refractivity contribution in [2.75, 3.05) is 19.5 Å². The van der Waals surface area contributed by atoms with Crippen LogP contribution in [0.2, 0.25) is 0 Å². The first kappa shape index (κ1) is 14.2. The van der Waals surface area contributed by atoms with E-state index in [1.54, 1.807) is 27.2 Å². The van der Waals surface area contributed by atoms with Crippen molar-refractivity contribution in [1.82, 2.24) is 0 Å². The fourth-order valence-corrected chi connectivity index (χ4v) is 1.90. The number of benzene rings is 2. The fourth-order valence-electron chi connectivity index (χ4n) is 1.90. The SMILES string of the molecule is COc1ccc(CNc2ccc(C)c(F)c2)cc1OC.